The standard InChI is InChI=1S/C23H30N2.BrH/c1-24-23(19-9-5-3-6-10-19,20-11-7-4-8-12-20)17-18-15-21-13-14-22(16-18)25(21)2;/h3-7,9,11,18-19,21-22H,8,10,12-17H2,2H3;1H/t18?,19-,21-,22+,23-;/m0./s1. The number of rotatable bonds is 4. The summed E-state index contributed by atoms with van der Waals surface area (Å²) in [6.07, 6.45) is 25.3. The molecule has 0 aromatic rings. The number of nitrogens with one attached hydrogen (secondary N) is 1. The Kier molecular flexibility index (Phi) is 6.25. The van der Waals surface area contributed by atoms with Crippen molar-refractivity contribution in [3.05, 3.63) is 59.5 Å². The van der Waals surface area contributed by atoms with Crippen LogP contribution in [-0.4, -0.2) is 24.7 Å². The van der Waals surface area contributed by atoms with Crippen molar-refractivity contribution in [2.75, 3.05) is 7.05 Å². The molecule has 4 rings (SSSR count). The molecule has 0 radical (unpaired) electrons. The number of halogens is 1. The summed E-state index contributed by atoms with van der Waals surface area (Å²) in [6.45, 7) is 8.25. The second-order valence-electron chi connectivity index (χ2n) is 8.61. The van der Waals surface area contributed by atoms with Crippen LogP contribution >= 0.6 is 0 Å². The van der Waals surface area contributed by atoms with Crippen LogP contribution in [0.1, 0.15) is 51.4 Å². The first-order chi connectivity index (χ1) is 12.2. The SMILES string of the molecule is [Br-].[C-]#[N+][C@](CC1C[C@H]2CC[C@@H](C1)[NH+]2C)(C1=CC=CCC1)[C@H]1C=CC=CC1. The summed E-state index contributed by atoms with van der Waals surface area (Å²) in [5.41, 5.74) is 1.08. The van der Waals surface area contributed by atoms with Crippen LogP contribution in [0.5, 0.6) is 0 Å². The van der Waals surface area contributed by atoms with E-state index in [-0.39, 0.29) is 22.5 Å². The molecule has 2 saturated heterocycles. The van der Waals surface area contributed by atoms with Crippen LogP contribution in [0.2, 0.25) is 0 Å². The van der Waals surface area contributed by atoms with Gasteiger partial charge in [-0.1, -0.05) is 42.5 Å². The molecule has 2 nitrogen and oxygen atoms in total. The molecular weight excluding hydrogens is 384 g/mol. The Bertz CT molecular complexity index is 654. The van der Waals surface area contributed by atoms with Gasteiger partial charge in [0.1, 0.15) is 0 Å². The highest BCUT2D eigenvalue weighted by atomic mass is 79.9. The number of piperidine rings is 1. The van der Waals surface area contributed by atoms with Crippen molar-refractivity contribution in [1.29, 1.82) is 0 Å². The first-order valence-corrected chi connectivity index (χ1v) is 10.1. The number of hydrogen-bond acceptors (Lipinski definition) is 0. The fourth-order valence-electron chi connectivity index (χ4n) is 5.93. The van der Waals surface area contributed by atoms with Crippen LogP contribution < -0.4 is 21.9 Å². The molecular formula is C23H31BrN2. The lowest BCUT2D eigenvalue weighted by Gasteiger charge is -2.39. The molecule has 140 valence electrons. The number of hydrogen-bond donors (Lipinski definition) is 1. The quantitative estimate of drug-likeness (QED) is 0.654. The zero-order chi connectivity index (χ0) is 17.3. The minimum Gasteiger partial charge on any atom is -1.00 e. The van der Waals surface area contributed by atoms with Gasteiger partial charge in [-0.25, -0.2) is 6.57 Å². The first-order valence-electron chi connectivity index (χ1n) is 10.1. The monoisotopic (exact) mass is 414 g/mol. The molecule has 0 aromatic carbocycles. The van der Waals surface area contributed by atoms with Crippen molar-refractivity contribution in [2.45, 2.75) is 69.0 Å². The molecule has 2 fully saturated rings. The molecule has 2 aliphatic carbocycles. The van der Waals surface area contributed by atoms with Crippen LogP contribution in [0.25, 0.3) is 4.85 Å². The van der Waals surface area contributed by atoms with Crippen LogP contribution in [0.15, 0.2) is 48.1 Å². The third-order valence-electron chi connectivity index (χ3n) is 7.35. The summed E-state index contributed by atoms with van der Waals surface area (Å²) in [6, 6.07) is 1.68. The van der Waals surface area contributed by atoms with E-state index in [2.05, 4.69) is 54.4 Å². The molecule has 2 heterocycles. The Balaban J connectivity index is 0.00000196. The molecule has 2 bridgehead atoms. The summed E-state index contributed by atoms with van der Waals surface area (Å²) in [5.74, 6) is 1.07. The van der Waals surface area contributed by atoms with E-state index in [1.807, 2.05) is 0 Å². The average molecular weight is 415 g/mol. The first kappa shape index (κ1) is 19.6. The number of quaternary nitrogens is 1. The molecule has 4 aliphatic rings. The molecule has 2 unspecified atom stereocenters. The zero-order valence-electron chi connectivity index (χ0n) is 15.8. The predicted octanol–water partition coefficient (Wildman–Crippen LogP) is 0.903. The van der Waals surface area contributed by atoms with Crippen LogP contribution in [0.4, 0.5) is 0 Å². The second kappa shape index (κ2) is 8.28. The molecule has 0 saturated carbocycles. The van der Waals surface area contributed by atoms with Crippen molar-refractivity contribution in [2.24, 2.45) is 11.8 Å². The third kappa shape index (κ3) is 3.51. The van der Waals surface area contributed by atoms with Gasteiger partial charge in [0.25, 0.3) is 5.54 Å². The van der Waals surface area contributed by atoms with E-state index < -0.39 is 0 Å². The van der Waals surface area contributed by atoms with Gasteiger partial charge in [0, 0.05) is 37.7 Å². The van der Waals surface area contributed by atoms with Gasteiger partial charge in [-0.3, -0.25) is 0 Å². The number of fused-ring (bicyclic) bond motifs is 2. The topological polar surface area (TPSA) is 8.80 Å². The Labute approximate surface area is 169 Å². The zero-order valence-corrected chi connectivity index (χ0v) is 17.4. The largest absolute Gasteiger partial charge is 1.00 e. The van der Waals surface area contributed by atoms with Crippen LogP contribution in [-0.2, 0) is 0 Å². The van der Waals surface area contributed by atoms with Crippen molar-refractivity contribution >= 4 is 0 Å². The van der Waals surface area contributed by atoms with Gasteiger partial charge in [-0.15, -0.1) is 0 Å². The lowest BCUT2D eigenvalue weighted by atomic mass is 9.67. The normalized spacial score (nSPS) is 37.4. The smallest absolute Gasteiger partial charge is 0.260 e. The predicted molar refractivity (Wildman–Crippen MR) is 103 cm³/mol. The number of allylic oxidation sites excluding steroid dienone is 6. The van der Waals surface area contributed by atoms with Gasteiger partial charge in [0.15, 0.2) is 0 Å². The van der Waals surface area contributed by atoms with E-state index in [0.717, 1.165) is 43.7 Å². The summed E-state index contributed by atoms with van der Waals surface area (Å²) in [7, 11) is 2.39. The average Bonchev–Trinajstić information content (AvgIpc) is 2.88. The number of nitrogens with zero attached hydrogens (tertiary/aromatic N) is 1. The van der Waals surface area contributed by atoms with Gasteiger partial charge in [-0.2, -0.15) is 0 Å². The highest BCUT2D eigenvalue weighted by molar-refractivity contribution is 5.37. The van der Waals surface area contributed by atoms with Crippen molar-refractivity contribution in [1.82, 2.24) is 0 Å². The summed E-state index contributed by atoms with van der Waals surface area (Å²) in [4.78, 5) is 6.17. The Morgan fingerprint density at radius 3 is 2.50 bits per heavy atom. The van der Waals surface area contributed by atoms with Gasteiger partial charge in [-0.05, 0) is 25.2 Å². The van der Waals surface area contributed by atoms with Gasteiger partial charge < -0.3 is 26.7 Å². The van der Waals surface area contributed by atoms with Gasteiger partial charge in [0.05, 0.1) is 25.0 Å². The minimum absolute atomic E-state index is 0. The fourth-order valence-corrected chi connectivity index (χ4v) is 5.93. The maximum atomic E-state index is 8.25. The van der Waals surface area contributed by atoms with E-state index in [1.165, 1.54) is 31.3 Å². The molecule has 1 N–H and O–H groups in total. The van der Waals surface area contributed by atoms with E-state index in [9.17, 15) is 0 Å². The Morgan fingerprint density at radius 2 is 1.92 bits per heavy atom. The lowest BCUT2D eigenvalue weighted by Crippen LogP contribution is -3.15. The van der Waals surface area contributed by atoms with Crippen molar-refractivity contribution in [3.8, 4) is 0 Å². The van der Waals surface area contributed by atoms with E-state index >= 15 is 0 Å². The molecule has 0 amide bonds. The van der Waals surface area contributed by atoms with E-state index in [1.54, 1.807) is 4.90 Å². The highest BCUT2D eigenvalue weighted by Gasteiger charge is 2.52. The fraction of sp³-hybridized carbons (Fsp3) is 0.609. The molecule has 0 aromatic heterocycles. The van der Waals surface area contributed by atoms with E-state index in [4.69, 9.17) is 6.57 Å². The molecule has 2 aliphatic heterocycles. The molecule has 26 heavy (non-hydrogen) atoms. The maximum Gasteiger partial charge on any atom is 0.260 e. The van der Waals surface area contributed by atoms with Crippen LogP contribution in [0.3, 0.4) is 0 Å². The van der Waals surface area contributed by atoms with Gasteiger partial charge in [0.2, 0.25) is 0 Å². The lowest BCUT2D eigenvalue weighted by molar-refractivity contribution is -0.923. The summed E-state index contributed by atoms with van der Waals surface area (Å²) in [5, 5.41) is 0. The summed E-state index contributed by atoms with van der Waals surface area (Å²) < 4.78 is 0. The highest BCUT2D eigenvalue weighted by Crippen LogP contribution is 2.46. The van der Waals surface area contributed by atoms with Crippen molar-refractivity contribution in [3.63, 3.8) is 0 Å². The summed E-state index contributed by atoms with van der Waals surface area (Å²) >= 11 is 0. The van der Waals surface area contributed by atoms with Gasteiger partial charge >= 0.3 is 0 Å². The third-order valence-corrected chi connectivity index (χ3v) is 7.35. The molecule has 3 heteroatoms. The maximum absolute atomic E-state index is 8.25. The van der Waals surface area contributed by atoms with Crippen LogP contribution in [0, 0.1) is 18.4 Å². The van der Waals surface area contributed by atoms with E-state index in [0.29, 0.717) is 5.92 Å². The molecule has 6 atom stereocenters. The second-order valence-corrected chi connectivity index (χ2v) is 8.61. The minimum atomic E-state index is -0.318. The Hall–Kier alpha value is -1.11. The Morgan fingerprint density at radius 1 is 1.15 bits per heavy atom. The molecule has 0 spiro atoms. The van der Waals surface area contributed by atoms with Crippen molar-refractivity contribution < 1.29 is 21.9 Å².